The first kappa shape index (κ1) is 19.9. The topological polar surface area (TPSA) is 67.2 Å². The average molecular weight is 402 g/mol. The Morgan fingerprint density at radius 3 is 2.40 bits per heavy atom. The van der Waals surface area contributed by atoms with Gasteiger partial charge in [-0.1, -0.05) is 60.7 Å². The molecule has 154 valence electrons. The van der Waals surface area contributed by atoms with E-state index in [1.54, 1.807) is 10.7 Å². The lowest BCUT2D eigenvalue weighted by molar-refractivity contribution is 0.0745. The molecule has 3 aromatic rings. The van der Waals surface area contributed by atoms with E-state index in [1.807, 2.05) is 53.4 Å². The van der Waals surface area contributed by atoms with E-state index in [4.69, 9.17) is 0 Å². The van der Waals surface area contributed by atoms with Gasteiger partial charge in [0.15, 0.2) is 5.69 Å². The molecule has 0 atom stereocenters. The van der Waals surface area contributed by atoms with Gasteiger partial charge < -0.3 is 10.2 Å². The molecule has 1 aliphatic rings. The summed E-state index contributed by atoms with van der Waals surface area (Å²) in [4.78, 5) is 27.4. The van der Waals surface area contributed by atoms with Gasteiger partial charge in [-0.05, 0) is 30.4 Å². The highest BCUT2D eigenvalue weighted by atomic mass is 16.2. The Bertz CT molecular complexity index is 999. The highest BCUT2D eigenvalue weighted by molar-refractivity contribution is 5.98. The van der Waals surface area contributed by atoms with Crippen LogP contribution in [0.1, 0.15) is 44.9 Å². The van der Waals surface area contributed by atoms with Crippen molar-refractivity contribution in [2.24, 2.45) is 0 Å². The first-order valence-corrected chi connectivity index (χ1v) is 10.4. The standard InChI is InChI=1S/C24H26N4O2/c29-23(25-14-7-13-19-9-3-1-4-10-19)21-17-22-24(30)27(15-8-16-28(22)26-21)18-20-11-5-2-6-12-20/h1-6,9-12,17H,7-8,13-16,18H2,(H,25,29). The normalized spacial score (nSPS) is 13.6. The lowest BCUT2D eigenvalue weighted by Crippen LogP contribution is -2.30. The first-order valence-electron chi connectivity index (χ1n) is 10.4. The monoisotopic (exact) mass is 402 g/mol. The molecule has 1 N–H and O–H groups in total. The van der Waals surface area contributed by atoms with Crippen LogP contribution in [0.5, 0.6) is 0 Å². The molecular formula is C24H26N4O2. The highest BCUT2D eigenvalue weighted by Crippen LogP contribution is 2.16. The summed E-state index contributed by atoms with van der Waals surface area (Å²) >= 11 is 0. The molecule has 0 bridgehead atoms. The minimum Gasteiger partial charge on any atom is -0.351 e. The molecule has 2 aromatic carbocycles. The van der Waals surface area contributed by atoms with Crippen LogP contribution < -0.4 is 5.32 Å². The van der Waals surface area contributed by atoms with Crippen LogP contribution in [0.4, 0.5) is 0 Å². The van der Waals surface area contributed by atoms with Gasteiger partial charge in [0.1, 0.15) is 5.69 Å². The summed E-state index contributed by atoms with van der Waals surface area (Å²) in [6, 6.07) is 21.8. The van der Waals surface area contributed by atoms with Crippen molar-refractivity contribution >= 4 is 11.8 Å². The van der Waals surface area contributed by atoms with Crippen molar-refractivity contribution in [2.45, 2.75) is 32.4 Å². The zero-order chi connectivity index (χ0) is 20.8. The van der Waals surface area contributed by atoms with Crippen LogP contribution in [0, 0.1) is 0 Å². The fourth-order valence-corrected chi connectivity index (χ4v) is 3.73. The molecule has 0 unspecified atom stereocenters. The van der Waals surface area contributed by atoms with Crippen LogP contribution in [0.15, 0.2) is 66.7 Å². The zero-order valence-electron chi connectivity index (χ0n) is 17.0. The smallest absolute Gasteiger partial charge is 0.272 e. The SMILES string of the molecule is O=C(NCCCc1ccccc1)c1cc2n(n1)CCCN(Cc1ccccc1)C2=O. The number of carbonyl (C=O) groups is 2. The molecule has 1 aliphatic heterocycles. The van der Waals surface area contributed by atoms with Gasteiger partial charge in [0.2, 0.25) is 0 Å². The van der Waals surface area contributed by atoms with E-state index < -0.39 is 0 Å². The maximum absolute atomic E-state index is 13.0. The Balaban J connectivity index is 1.36. The first-order chi connectivity index (χ1) is 14.7. The number of aromatic nitrogens is 2. The van der Waals surface area contributed by atoms with Crippen LogP contribution in [-0.2, 0) is 19.5 Å². The second-order valence-electron chi connectivity index (χ2n) is 7.55. The third-order valence-corrected chi connectivity index (χ3v) is 5.30. The Hall–Kier alpha value is -3.41. The van der Waals surface area contributed by atoms with Gasteiger partial charge in [0.05, 0.1) is 0 Å². The molecule has 6 nitrogen and oxygen atoms in total. The van der Waals surface area contributed by atoms with Crippen LogP contribution >= 0.6 is 0 Å². The summed E-state index contributed by atoms with van der Waals surface area (Å²) in [6.45, 7) is 2.45. The Morgan fingerprint density at radius 1 is 0.967 bits per heavy atom. The number of benzene rings is 2. The third kappa shape index (κ3) is 4.76. The number of rotatable bonds is 7. The number of aryl methyl sites for hydroxylation is 2. The van der Waals surface area contributed by atoms with Crippen molar-refractivity contribution in [2.75, 3.05) is 13.1 Å². The van der Waals surface area contributed by atoms with E-state index >= 15 is 0 Å². The van der Waals surface area contributed by atoms with Crippen molar-refractivity contribution in [3.8, 4) is 0 Å². The third-order valence-electron chi connectivity index (χ3n) is 5.30. The lowest BCUT2D eigenvalue weighted by atomic mass is 10.1. The molecule has 0 saturated carbocycles. The fraction of sp³-hybridized carbons (Fsp3) is 0.292. The van der Waals surface area contributed by atoms with E-state index in [-0.39, 0.29) is 11.8 Å². The molecule has 4 rings (SSSR count). The molecule has 6 heteroatoms. The number of nitrogens with one attached hydrogen (secondary N) is 1. The van der Waals surface area contributed by atoms with Crippen LogP contribution in [0.2, 0.25) is 0 Å². The molecule has 1 aromatic heterocycles. The van der Waals surface area contributed by atoms with E-state index in [2.05, 4.69) is 22.5 Å². The zero-order valence-corrected chi connectivity index (χ0v) is 17.0. The van der Waals surface area contributed by atoms with E-state index in [0.717, 1.165) is 24.8 Å². The van der Waals surface area contributed by atoms with E-state index in [9.17, 15) is 9.59 Å². The summed E-state index contributed by atoms with van der Waals surface area (Å²) in [5, 5.41) is 7.32. The molecule has 30 heavy (non-hydrogen) atoms. The van der Waals surface area contributed by atoms with Crippen LogP contribution in [-0.4, -0.2) is 39.6 Å². The van der Waals surface area contributed by atoms with Crippen molar-refractivity contribution in [1.29, 1.82) is 0 Å². The summed E-state index contributed by atoms with van der Waals surface area (Å²) in [6.07, 6.45) is 2.58. The summed E-state index contributed by atoms with van der Waals surface area (Å²) < 4.78 is 1.67. The van der Waals surface area contributed by atoms with Crippen molar-refractivity contribution in [1.82, 2.24) is 20.0 Å². The Labute approximate surface area is 176 Å². The molecule has 0 spiro atoms. The van der Waals surface area contributed by atoms with Gasteiger partial charge >= 0.3 is 0 Å². The van der Waals surface area contributed by atoms with Crippen molar-refractivity contribution in [3.05, 3.63) is 89.2 Å². The number of amides is 2. The van der Waals surface area contributed by atoms with Crippen LogP contribution in [0.25, 0.3) is 0 Å². The molecule has 2 amide bonds. The maximum atomic E-state index is 13.0. The molecule has 0 radical (unpaired) electrons. The number of hydrogen-bond acceptors (Lipinski definition) is 3. The van der Waals surface area contributed by atoms with Gasteiger partial charge in [-0.2, -0.15) is 5.10 Å². The molecule has 2 heterocycles. The van der Waals surface area contributed by atoms with E-state index in [0.29, 0.717) is 37.6 Å². The highest BCUT2D eigenvalue weighted by Gasteiger charge is 2.26. The van der Waals surface area contributed by atoms with Gasteiger partial charge in [-0.3, -0.25) is 14.3 Å². The lowest BCUT2D eigenvalue weighted by Gasteiger charge is -2.20. The van der Waals surface area contributed by atoms with Gasteiger partial charge in [-0.25, -0.2) is 0 Å². The molecular weight excluding hydrogens is 376 g/mol. The quantitative estimate of drug-likeness (QED) is 0.617. The van der Waals surface area contributed by atoms with Gasteiger partial charge in [0, 0.05) is 32.2 Å². The minimum atomic E-state index is -0.231. The largest absolute Gasteiger partial charge is 0.351 e. The van der Waals surface area contributed by atoms with Gasteiger partial charge in [0.25, 0.3) is 11.8 Å². The Kier molecular flexibility index (Phi) is 6.23. The second-order valence-corrected chi connectivity index (χ2v) is 7.55. The van der Waals surface area contributed by atoms with Crippen molar-refractivity contribution in [3.63, 3.8) is 0 Å². The number of carbonyl (C=O) groups excluding carboxylic acids is 2. The van der Waals surface area contributed by atoms with Crippen LogP contribution in [0.3, 0.4) is 0 Å². The summed E-state index contributed by atoms with van der Waals surface area (Å²) in [5.74, 6) is -0.307. The number of fused-ring (bicyclic) bond motifs is 1. The second kappa shape index (κ2) is 9.39. The maximum Gasteiger partial charge on any atom is 0.272 e. The number of hydrogen-bond donors (Lipinski definition) is 1. The summed E-state index contributed by atoms with van der Waals surface area (Å²) in [5.41, 5.74) is 3.14. The fourth-order valence-electron chi connectivity index (χ4n) is 3.73. The Morgan fingerprint density at radius 2 is 1.67 bits per heavy atom. The molecule has 0 fully saturated rings. The average Bonchev–Trinajstić information content (AvgIpc) is 3.15. The predicted molar refractivity (Wildman–Crippen MR) is 115 cm³/mol. The number of nitrogens with zero attached hydrogens (tertiary/aromatic N) is 3. The molecule has 0 saturated heterocycles. The van der Waals surface area contributed by atoms with E-state index in [1.165, 1.54) is 5.56 Å². The summed E-state index contributed by atoms with van der Waals surface area (Å²) in [7, 11) is 0. The van der Waals surface area contributed by atoms with Crippen molar-refractivity contribution < 1.29 is 9.59 Å². The predicted octanol–water partition coefficient (Wildman–Crippen LogP) is 3.29. The molecule has 0 aliphatic carbocycles. The minimum absolute atomic E-state index is 0.0769. The van der Waals surface area contributed by atoms with Gasteiger partial charge in [-0.15, -0.1) is 0 Å².